The highest BCUT2D eigenvalue weighted by molar-refractivity contribution is 5.65. The summed E-state index contributed by atoms with van der Waals surface area (Å²) in [4.78, 5) is 9.82. The summed E-state index contributed by atoms with van der Waals surface area (Å²) < 4.78 is 31.7. The highest BCUT2D eigenvalue weighted by atomic mass is 19.1. The summed E-state index contributed by atoms with van der Waals surface area (Å²) >= 11 is 0. The van der Waals surface area contributed by atoms with E-state index in [1.807, 2.05) is 18.1 Å². The van der Waals surface area contributed by atoms with Gasteiger partial charge in [0.05, 0.1) is 25.3 Å². The van der Waals surface area contributed by atoms with Crippen LogP contribution in [0.15, 0.2) is 65.0 Å². The molecular formula is C32H51F2N3O3. The van der Waals surface area contributed by atoms with E-state index in [0.717, 1.165) is 38.5 Å². The molecule has 0 radical (unpaired) electrons. The van der Waals surface area contributed by atoms with Crippen molar-refractivity contribution in [2.45, 2.75) is 98.0 Å². The molecule has 3 N–H and O–H groups in total. The summed E-state index contributed by atoms with van der Waals surface area (Å²) in [5, 5.41) is 18.6. The first-order valence-electron chi connectivity index (χ1n) is 14.7. The Bertz CT molecular complexity index is 957. The van der Waals surface area contributed by atoms with E-state index in [9.17, 15) is 18.7 Å². The third-order valence-electron chi connectivity index (χ3n) is 7.42. The van der Waals surface area contributed by atoms with Crippen LogP contribution in [0, 0.1) is 11.3 Å². The number of esters is 1. The van der Waals surface area contributed by atoms with Gasteiger partial charge in [0.1, 0.15) is 11.7 Å². The van der Waals surface area contributed by atoms with Crippen LogP contribution in [-0.2, 0) is 9.53 Å². The number of ether oxygens (including phenoxy) is 1. The van der Waals surface area contributed by atoms with E-state index in [2.05, 4.69) is 29.8 Å². The molecule has 1 saturated carbocycles. The molecule has 40 heavy (non-hydrogen) atoms. The van der Waals surface area contributed by atoms with E-state index in [4.69, 9.17) is 5.73 Å². The number of hydrogen-bond acceptors (Lipinski definition) is 6. The second-order valence-corrected chi connectivity index (χ2v) is 10.6. The standard InChI is InChI=1S/C28H43F2N3O.C4H8O2/c1-4-9-25(29)11-8-19-33-20-14-24-12-17-28(34,16-7-6-10-26(30)13-18-31)27(24,15-5-2)21-23(3)22-32-33;1-3-6-4(2)5/h8-11,13-14,18,22-23,34H,4-7,12,15-17,19-21,31H2,1-3H3;3H2,1-2H3/b11-8-,18-13-,24-14-,25-9+,26-10+,32-22-;/t23?,27?,28-;/m0./s1. The quantitative estimate of drug-likeness (QED) is 0.112. The fourth-order valence-corrected chi connectivity index (χ4v) is 5.77. The maximum atomic E-state index is 13.7. The van der Waals surface area contributed by atoms with E-state index in [-0.39, 0.29) is 29.0 Å². The minimum atomic E-state index is -0.811. The Morgan fingerprint density at radius 2 is 1.95 bits per heavy atom. The van der Waals surface area contributed by atoms with Crippen molar-refractivity contribution in [3.05, 3.63) is 59.9 Å². The number of halogens is 2. The molecule has 226 valence electrons. The molecule has 2 aliphatic rings. The zero-order valence-corrected chi connectivity index (χ0v) is 25.2. The predicted octanol–water partition coefficient (Wildman–Crippen LogP) is 7.44. The number of nitrogens with zero attached hydrogens (tertiary/aromatic N) is 2. The normalized spacial score (nSPS) is 27.8. The molecule has 1 aliphatic carbocycles. The Balaban J connectivity index is 0.00000120. The van der Waals surface area contributed by atoms with E-state index in [1.165, 1.54) is 36.9 Å². The van der Waals surface area contributed by atoms with Crippen molar-refractivity contribution in [1.29, 1.82) is 0 Å². The SMILES string of the molecule is CC/C=C(F)\C=C/CN1C/C=C2/CC[C@@](O)(CCC/C=C(F)\C=C/N)C2(CCC)CC(C)/C=N\1.CCOC(C)=O. The van der Waals surface area contributed by atoms with Gasteiger partial charge in [-0.25, -0.2) is 8.78 Å². The predicted molar refractivity (Wildman–Crippen MR) is 161 cm³/mol. The monoisotopic (exact) mass is 563 g/mol. The Labute approximate surface area is 240 Å². The molecule has 0 aromatic rings. The van der Waals surface area contributed by atoms with Crippen molar-refractivity contribution >= 4 is 12.2 Å². The van der Waals surface area contributed by atoms with Crippen LogP contribution in [-0.4, -0.2) is 47.6 Å². The second-order valence-electron chi connectivity index (χ2n) is 10.6. The van der Waals surface area contributed by atoms with Gasteiger partial charge in [-0.1, -0.05) is 44.9 Å². The minimum Gasteiger partial charge on any atom is -0.466 e. The lowest BCUT2D eigenvalue weighted by Crippen LogP contribution is -2.46. The Kier molecular flexibility index (Phi) is 16.4. The molecule has 1 aliphatic heterocycles. The Morgan fingerprint density at radius 3 is 2.55 bits per heavy atom. The van der Waals surface area contributed by atoms with Crippen molar-refractivity contribution in [1.82, 2.24) is 5.01 Å². The first-order chi connectivity index (χ1) is 19.1. The third-order valence-corrected chi connectivity index (χ3v) is 7.42. The first-order valence-corrected chi connectivity index (χ1v) is 14.7. The van der Waals surface area contributed by atoms with Gasteiger partial charge in [-0.15, -0.1) is 0 Å². The number of hydrogen-bond donors (Lipinski definition) is 2. The van der Waals surface area contributed by atoms with Crippen molar-refractivity contribution in [3.8, 4) is 0 Å². The molecular weight excluding hydrogens is 512 g/mol. The molecule has 0 bridgehead atoms. The largest absolute Gasteiger partial charge is 0.466 e. The maximum absolute atomic E-state index is 13.7. The van der Waals surface area contributed by atoms with Gasteiger partial charge in [-0.3, -0.25) is 9.80 Å². The van der Waals surface area contributed by atoms with Crippen molar-refractivity contribution in [2.24, 2.45) is 22.2 Å². The van der Waals surface area contributed by atoms with Crippen LogP contribution in [0.5, 0.6) is 0 Å². The minimum absolute atomic E-state index is 0.188. The second kappa shape index (κ2) is 18.6. The molecule has 0 spiro atoms. The molecule has 6 nitrogen and oxygen atoms in total. The number of allylic oxidation sites excluding steroid dienone is 6. The molecule has 1 heterocycles. The van der Waals surface area contributed by atoms with Crippen LogP contribution in [0.1, 0.15) is 92.4 Å². The van der Waals surface area contributed by atoms with E-state index >= 15 is 0 Å². The molecule has 0 aromatic carbocycles. The van der Waals surface area contributed by atoms with Crippen LogP contribution in [0.4, 0.5) is 8.78 Å². The number of nitrogens with two attached hydrogens (primary N) is 1. The van der Waals surface area contributed by atoms with Crippen LogP contribution in [0.25, 0.3) is 0 Å². The summed E-state index contributed by atoms with van der Waals surface area (Å²) in [5.41, 5.74) is 5.45. The lowest BCUT2D eigenvalue weighted by atomic mass is 9.63. The topological polar surface area (TPSA) is 88.2 Å². The highest BCUT2D eigenvalue weighted by Crippen LogP contribution is 2.58. The van der Waals surface area contributed by atoms with E-state index in [1.54, 1.807) is 19.1 Å². The molecule has 0 saturated heterocycles. The Hall–Kier alpha value is -2.74. The summed E-state index contributed by atoms with van der Waals surface area (Å²) in [5.74, 6) is -0.583. The summed E-state index contributed by atoms with van der Waals surface area (Å²) in [6.07, 6.45) is 20.0. The number of hydrazone groups is 1. The van der Waals surface area contributed by atoms with Gasteiger partial charge in [0.15, 0.2) is 0 Å². The molecule has 3 atom stereocenters. The average Bonchev–Trinajstić information content (AvgIpc) is 3.17. The van der Waals surface area contributed by atoms with Crippen molar-refractivity contribution in [3.63, 3.8) is 0 Å². The third kappa shape index (κ3) is 11.4. The van der Waals surface area contributed by atoms with Gasteiger partial charge < -0.3 is 15.6 Å². The highest BCUT2D eigenvalue weighted by Gasteiger charge is 2.55. The lowest BCUT2D eigenvalue weighted by molar-refractivity contribution is -0.140. The molecule has 0 aromatic heterocycles. The van der Waals surface area contributed by atoms with E-state index in [0.29, 0.717) is 39.0 Å². The fraction of sp³-hybridized carbons (Fsp3) is 0.625. The lowest BCUT2D eigenvalue weighted by Gasteiger charge is -2.45. The number of unbranched alkanes of at least 4 members (excludes halogenated alkanes) is 1. The van der Waals surface area contributed by atoms with Gasteiger partial charge >= 0.3 is 5.97 Å². The number of aliphatic hydroxyl groups is 1. The van der Waals surface area contributed by atoms with Crippen LogP contribution in [0.2, 0.25) is 0 Å². The van der Waals surface area contributed by atoms with Gasteiger partial charge in [0.25, 0.3) is 0 Å². The first kappa shape index (κ1) is 35.3. The van der Waals surface area contributed by atoms with Crippen LogP contribution >= 0.6 is 0 Å². The van der Waals surface area contributed by atoms with E-state index < -0.39 is 5.60 Å². The van der Waals surface area contributed by atoms with Crippen molar-refractivity contribution in [2.75, 3.05) is 19.7 Å². The molecule has 0 amide bonds. The number of fused-ring (bicyclic) bond motifs is 1. The van der Waals surface area contributed by atoms with Gasteiger partial charge in [-0.05, 0) is 94.7 Å². The zero-order chi connectivity index (χ0) is 30.0. The summed E-state index contributed by atoms with van der Waals surface area (Å²) in [6, 6.07) is 0. The van der Waals surface area contributed by atoms with Crippen molar-refractivity contribution < 1.29 is 23.4 Å². The van der Waals surface area contributed by atoms with Crippen LogP contribution < -0.4 is 5.73 Å². The molecule has 8 heteroatoms. The molecule has 2 unspecified atom stereocenters. The van der Waals surface area contributed by atoms with Gasteiger partial charge in [0.2, 0.25) is 0 Å². The fourth-order valence-electron chi connectivity index (χ4n) is 5.77. The van der Waals surface area contributed by atoms with Gasteiger partial charge in [0, 0.05) is 18.6 Å². The number of rotatable bonds is 12. The maximum Gasteiger partial charge on any atom is 0.302 e. The summed E-state index contributed by atoms with van der Waals surface area (Å²) in [7, 11) is 0. The molecule has 2 rings (SSSR count). The number of carbonyl (C=O) groups excluding carboxylic acids is 1. The number of carbonyl (C=O) groups is 1. The molecule has 1 fully saturated rings. The zero-order valence-electron chi connectivity index (χ0n) is 25.2. The Morgan fingerprint density at radius 1 is 1.23 bits per heavy atom. The summed E-state index contributed by atoms with van der Waals surface area (Å²) in [6.45, 7) is 11.0. The average molecular weight is 564 g/mol. The van der Waals surface area contributed by atoms with Gasteiger partial charge in [-0.2, -0.15) is 5.10 Å². The smallest absolute Gasteiger partial charge is 0.302 e. The van der Waals surface area contributed by atoms with Crippen LogP contribution in [0.3, 0.4) is 0 Å².